The highest BCUT2D eigenvalue weighted by atomic mass is 16.5. The normalized spacial score (nSPS) is 12.8. The van der Waals surface area contributed by atoms with Crippen molar-refractivity contribution in [1.29, 1.82) is 0 Å². The van der Waals surface area contributed by atoms with Crippen LogP contribution in [0.5, 0.6) is 0 Å². The minimum absolute atomic E-state index is 0.0207. The Kier molecular flexibility index (Phi) is 37.1. The van der Waals surface area contributed by atoms with Crippen molar-refractivity contribution in [1.82, 2.24) is 4.90 Å². The van der Waals surface area contributed by atoms with Gasteiger partial charge in [-0.15, -0.1) is 0 Å². The Morgan fingerprint density at radius 1 is 0.635 bits per heavy atom. The summed E-state index contributed by atoms with van der Waals surface area (Å²) in [5.74, 6) is 0.443. The van der Waals surface area contributed by atoms with Crippen molar-refractivity contribution in [2.24, 2.45) is 11.8 Å². The van der Waals surface area contributed by atoms with Gasteiger partial charge in [0.25, 0.3) is 0 Å². The van der Waals surface area contributed by atoms with Crippen LogP contribution in [0.2, 0.25) is 0 Å². The highest BCUT2D eigenvalue weighted by Gasteiger charge is 2.13. The van der Waals surface area contributed by atoms with E-state index in [1.165, 1.54) is 83.5 Å². The smallest absolute Gasteiger partial charge is 0.306 e. The summed E-state index contributed by atoms with van der Waals surface area (Å²) in [5.41, 5.74) is 8.28. The van der Waals surface area contributed by atoms with E-state index in [0.29, 0.717) is 38.1 Å². The molecule has 3 unspecified atom stereocenters. The van der Waals surface area contributed by atoms with Crippen molar-refractivity contribution in [3.63, 3.8) is 0 Å². The lowest BCUT2D eigenvalue weighted by Gasteiger charge is -2.19. The second-order valence-corrected chi connectivity index (χ2v) is 15.2. The first-order valence-corrected chi connectivity index (χ1v) is 21.8. The first-order valence-electron chi connectivity index (χ1n) is 21.8. The van der Waals surface area contributed by atoms with Gasteiger partial charge in [-0.25, -0.2) is 0 Å². The van der Waals surface area contributed by atoms with Crippen LogP contribution in [0.25, 0.3) is 0 Å². The number of carbonyl (C=O) groups is 2. The third-order valence-corrected chi connectivity index (χ3v) is 10.1. The molecule has 3 atom stereocenters. The lowest BCUT2D eigenvalue weighted by Crippen LogP contribution is -2.20. The van der Waals surface area contributed by atoms with E-state index in [-0.39, 0.29) is 17.9 Å². The number of hydrogen-bond donors (Lipinski definition) is 0. The molecule has 0 radical (unpaired) electrons. The summed E-state index contributed by atoms with van der Waals surface area (Å²) in [6.45, 7) is 16.5. The number of nitrogens with zero attached hydrogens (tertiary/aromatic N) is 1. The molecule has 302 valence electrons. The van der Waals surface area contributed by atoms with Crippen LogP contribution in [0, 0.1) is 11.8 Å². The Labute approximate surface area is 322 Å². The third kappa shape index (κ3) is 35.0. The number of unbranched alkanes of at least 4 members (excludes halogenated alkanes) is 15. The van der Waals surface area contributed by atoms with Crippen LogP contribution in [0.4, 0.5) is 0 Å². The molecule has 52 heavy (non-hydrogen) atoms. The number of rotatable bonds is 38. The second-order valence-electron chi connectivity index (χ2n) is 15.2. The molecule has 0 N–H and O–H groups in total. The molecule has 0 aliphatic carbocycles. The maximum Gasteiger partial charge on any atom is 0.306 e. The number of ether oxygens (including phenoxy) is 3. The van der Waals surface area contributed by atoms with Gasteiger partial charge >= 0.3 is 11.9 Å². The molecule has 0 fully saturated rings. The fourth-order valence-electron chi connectivity index (χ4n) is 6.51. The Morgan fingerprint density at radius 3 is 1.69 bits per heavy atom. The minimum atomic E-state index is -0.110. The molecule has 0 aliphatic rings. The monoisotopic (exact) mass is 730 g/mol. The van der Waals surface area contributed by atoms with E-state index in [4.69, 9.17) is 14.2 Å². The van der Waals surface area contributed by atoms with Crippen molar-refractivity contribution in [2.45, 2.75) is 201 Å². The maximum atomic E-state index is 12.4. The summed E-state index contributed by atoms with van der Waals surface area (Å²) in [6.07, 6.45) is 31.1. The largest absolute Gasteiger partial charge is 0.466 e. The Balaban J connectivity index is 4.20. The van der Waals surface area contributed by atoms with Crippen LogP contribution in [0.15, 0.2) is 29.8 Å². The van der Waals surface area contributed by atoms with Crippen molar-refractivity contribution in [3.8, 4) is 0 Å². The number of allylic oxidation sites excluding steroid dienone is 1. The lowest BCUT2D eigenvalue weighted by atomic mass is 9.98. The fraction of sp³-hybridized carbons (Fsp3) is 0.848. The van der Waals surface area contributed by atoms with Crippen molar-refractivity contribution in [2.75, 3.05) is 40.0 Å². The number of esters is 2. The first-order chi connectivity index (χ1) is 25.4. The van der Waals surface area contributed by atoms with Crippen LogP contribution in [0.1, 0.15) is 195 Å². The van der Waals surface area contributed by atoms with Gasteiger partial charge in [0.05, 0.1) is 25.7 Å². The van der Waals surface area contributed by atoms with E-state index in [1.54, 1.807) is 0 Å². The quantitative estimate of drug-likeness (QED) is 0.0358. The second kappa shape index (κ2) is 38.7. The zero-order valence-electron chi connectivity index (χ0n) is 34.9. The predicted molar refractivity (Wildman–Crippen MR) is 220 cm³/mol. The molecule has 0 aromatic rings. The molecule has 0 saturated carbocycles. The molecular weight excluding hydrogens is 647 g/mol. The van der Waals surface area contributed by atoms with Crippen LogP contribution < -0.4 is 0 Å². The van der Waals surface area contributed by atoms with Gasteiger partial charge in [-0.1, -0.05) is 148 Å². The van der Waals surface area contributed by atoms with Gasteiger partial charge in [0.2, 0.25) is 0 Å². The van der Waals surface area contributed by atoms with Crippen LogP contribution in [-0.2, 0) is 23.8 Å². The van der Waals surface area contributed by atoms with Gasteiger partial charge in [-0.3, -0.25) is 9.59 Å². The SMILES string of the molecule is C=C=C=C=CC(CCCCC)CC(=O)OCCCCCCCCC(CCCCCCCCOC(=O)CC(C)CCCCC)OCCCCN(C)CC. The van der Waals surface area contributed by atoms with Crippen LogP contribution in [0.3, 0.4) is 0 Å². The molecule has 0 rings (SSSR count). The summed E-state index contributed by atoms with van der Waals surface area (Å²) in [4.78, 5) is 26.9. The summed E-state index contributed by atoms with van der Waals surface area (Å²) in [5, 5.41) is 0. The van der Waals surface area contributed by atoms with Crippen molar-refractivity contribution >= 4 is 11.9 Å². The highest BCUT2D eigenvalue weighted by molar-refractivity contribution is 5.70. The van der Waals surface area contributed by atoms with Crippen molar-refractivity contribution in [3.05, 3.63) is 29.8 Å². The van der Waals surface area contributed by atoms with Gasteiger partial charge in [0.15, 0.2) is 0 Å². The molecule has 0 aromatic heterocycles. The molecule has 0 bridgehead atoms. The third-order valence-electron chi connectivity index (χ3n) is 10.1. The number of hydrogen-bond acceptors (Lipinski definition) is 6. The van der Waals surface area contributed by atoms with E-state index < -0.39 is 0 Å². The highest BCUT2D eigenvalue weighted by Crippen LogP contribution is 2.19. The molecule has 6 nitrogen and oxygen atoms in total. The van der Waals surface area contributed by atoms with Crippen LogP contribution in [-0.4, -0.2) is 62.9 Å². The zero-order valence-corrected chi connectivity index (χ0v) is 34.9. The summed E-state index contributed by atoms with van der Waals surface area (Å²) in [6, 6.07) is 0. The van der Waals surface area contributed by atoms with E-state index in [9.17, 15) is 9.59 Å². The zero-order chi connectivity index (χ0) is 38.3. The van der Waals surface area contributed by atoms with Gasteiger partial charge in [-0.05, 0) is 95.3 Å². The topological polar surface area (TPSA) is 65.1 Å². The maximum absolute atomic E-state index is 12.4. The molecule has 0 heterocycles. The first kappa shape index (κ1) is 49.9. The van der Waals surface area contributed by atoms with E-state index in [2.05, 4.69) is 63.4 Å². The van der Waals surface area contributed by atoms with E-state index >= 15 is 0 Å². The number of carbonyl (C=O) groups excluding carboxylic acids is 2. The molecule has 0 spiro atoms. The average Bonchev–Trinajstić information content (AvgIpc) is 3.12. The molecule has 0 aliphatic heterocycles. The van der Waals surface area contributed by atoms with Gasteiger partial charge in [-0.2, -0.15) is 0 Å². The van der Waals surface area contributed by atoms with Gasteiger partial charge in [0, 0.05) is 13.0 Å². The molecule has 0 amide bonds. The van der Waals surface area contributed by atoms with E-state index in [0.717, 1.165) is 90.3 Å². The Hall–Kier alpha value is -2.06. The molecule has 0 saturated heterocycles. The van der Waals surface area contributed by atoms with E-state index in [1.807, 2.05) is 6.08 Å². The molecular formula is C46H83NO5. The standard InChI is InChI=1S/C46H83NO5/c1-7-11-22-31-42(5)40-45(48)51-38-28-20-16-14-18-25-34-44(50-37-30-27-36-47(6)10-4)35-26-19-15-17-21-29-39-52-46(49)41-43(32-23-12-8-2)33-24-13-9-3/h32,42-44H,2,7,9-11,13-22,24-31,33-41H2,1,3-6H3. The summed E-state index contributed by atoms with van der Waals surface area (Å²) >= 11 is 0. The molecule has 6 heteroatoms. The summed E-state index contributed by atoms with van der Waals surface area (Å²) in [7, 11) is 2.19. The molecule has 0 aromatic carbocycles. The van der Waals surface area contributed by atoms with Crippen LogP contribution >= 0.6 is 0 Å². The van der Waals surface area contributed by atoms with Gasteiger partial charge < -0.3 is 19.1 Å². The average molecular weight is 730 g/mol. The minimum Gasteiger partial charge on any atom is -0.466 e. The van der Waals surface area contributed by atoms with Gasteiger partial charge in [0.1, 0.15) is 0 Å². The Morgan fingerprint density at radius 2 is 1.13 bits per heavy atom. The predicted octanol–water partition coefficient (Wildman–Crippen LogP) is 12.5. The lowest BCUT2D eigenvalue weighted by molar-refractivity contribution is -0.145. The van der Waals surface area contributed by atoms with Crippen molar-refractivity contribution < 1.29 is 23.8 Å². The Bertz CT molecular complexity index is 946. The fourth-order valence-corrected chi connectivity index (χ4v) is 6.51. The summed E-state index contributed by atoms with van der Waals surface area (Å²) < 4.78 is 17.5.